The fourth-order valence-corrected chi connectivity index (χ4v) is 4.15. The zero-order valence-corrected chi connectivity index (χ0v) is 18.0. The smallest absolute Gasteiger partial charge is 0.271 e. The highest BCUT2D eigenvalue weighted by molar-refractivity contribution is 8.19. The van der Waals surface area contributed by atoms with Gasteiger partial charge in [-0.3, -0.25) is 9.69 Å². The topological polar surface area (TPSA) is 52.9 Å². The van der Waals surface area contributed by atoms with Crippen molar-refractivity contribution in [2.45, 2.75) is 13.8 Å². The number of amides is 1. The first-order chi connectivity index (χ1) is 14.4. The van der Waals surface area contributed by atoms with Crippen LogP contribution in [0.15, 0.2) is 76.6 Å². The normalized spacial score (nSPS) is 16.6. The monoisotopic (exact) mass is 434 g/mol. The Labute approximate surface area is 184 Å². The molecule has 0 saturated carbocycles. The lowest BCUT2D eigenvalue weighted by atomic mass is 10.1. The van der Waals surface area contributed by atoms with Crippen LogP contribution in [0.1, 0.15) is 16.7 Å². The number of aliphatic imine (C=N–C) groups is 1. The number of hydrogen-bond acceptors (Lipinski definition) is 4. The Bertz CT molecular complexity index is 1170. The fourth-order valence-electron chi connectivity index (χ4n) is 2.98. The molecule has 150 valence electrons. The highest BCUT2D eigenvalue weighted by Crippen LogP contribution is 2.38. The quantitative estimate of drug-likeness (QED) is 0.480. The van der Waals surface area contributed by atoms with Crippen molar-refractivity contribution in [1.82, 2.24) is 0 Å². The molecule has 0 spiro atoms. The number of phenolic OH excluding ortho intramolecular Hbond substituents is 1. The molecule has 0 aromatic heterocycles. The highest BCUT2D eigenvalue weighted by Gasteiger charge is 2.35. The lowest BCUT2D eigenvalue weighted by Gasteiger charge is -2.16. The van der Waals surface area contributed by atoms with E-state index in [1.807, 2.05) is 62.4 Å². The molecule has 1 saturated heterocycles. The molecule has 1 aliphatic heterocycles. The number of nitrogens with zero attached hydrogens (tertiary/aromatic N) is 2. The van der Waals surface area contributed by atoms with E-state index < -0.39 is 0 Å². The number of hydrogen-bond donors (Lipinski definition) is 1. The van der Waals surface area contributed by atoms with E-state index in [0.717, 1.165) is 22.5 Å². The third kappa shape index (κ3) is 4.27. The summed E-state index contributed by atoms with van der Waals surface area (Å²) in [5.41, 5.74) is 4.23. The first-order valence-electron chi connectivity index (χ1n) is 9.35. The minimum Gasteiger partial charge on any atom is -0.507 e. The number of amidine groups is 1. The number of aromatic hydroxyl groups is 1. The van der Waals surface area contributed by atoms with Crippen LogP contribution in [0.3, 0.4) is 0 Å². The molecular weight excluding hydrogens is 416 g/mol. The molecule has 30 heavy (non-hydrogen) atoms. The van der Waals surface area contributed by atoms with E-state index in [1.165, 1.54) is 17.8 Å². The SMILES string of the molecule is Cc1ccc(N=C2S/C(=C/c3cc(Cl)ccc3O)C(=O)N2c2ccc(C)cc2)cc1. The molecule has 0 aliphatic carbocycles. The average molecular weight is 435 g/mol. The molecule has 1 N–H and O–H groups in total. The van der Waals surface area contributed by atoms with E-state index in [4.69, 9.17) is 16.6 Å². The van der Waals surface area contributed by atoms with Gasteiger partial charge in [0.05, 0.1) is 16.3 Å². The molecule has 0 unspecified atom stereocenters. The van der Waals surface area contributed by atoms with Gasteiger partial charge >= 0.3 is 0 Å². The third-order valence-electron chi connectivity index (χ3n) is 4.63. The zero-order chi connectivity index (χ0) is 21.3. The van der Waals surface area contributed by atoms with Crippen LogP contribution in [0.4, 0.5) is 11.4 Å². The van der Waals surface area contributed by atoms with Gasteiger partial charge < -0.3 is 5.11 Å². The fraction of sp³-hybridized carbons (Fsp3) is 0.0833. The zero-order valence-electron chi connectivity index (χ0n) is 16.5. The number of benzene rings is 3. The molecule has 0 atom stereocenters. The van der Waals surface area contributed by atoms with Crippen LogP contribution in [-0.4, -0.2) is 16.2 Å². The summed E-state index contributed by atoms with van der Waals surface area (Å²) in [5, 5.41) is 11.2. The predicted octanol–water partition coefficient (Wildman–Crippen LogP) is 6.47. The second-order valence-electron chi connectivity index (χ2n) is 7.02. The van der Waals surface area contributed by atoms with Gasteiger partial charge in [0, 0.05) is 10.6 Å². The molecule has 3 aromatic carbocycles. The van der Waals surface area contributed by atoms with Gasteiger partial charge in [-0.1, -0.05) is 47.0 Å². The van der Waals surface area contributed by atoms with Crippen LogP contribution < -0.4 is 4.90 Å². The Morgan fingerprint density at radius 3 is 2.27 bits per heavy atom. The number of aryl methyl sites for hydroxylation is 2. The molecule has 0 radical (unpaired) electrons. The first kappa shape index (κ1) is 20.3. The van der Waals surface area contributed by atoms with Crippen molar-refractivity contribution in [3.63, 3.8) is 0 Å². The van der Waals surface area contributed by atoms with Crippen molar-refractivity contribution < 1.29 is 9.90 Å². The van der Waals surface area contributed by atoms with Crippen molar-refractivity contribution in [2.24, 2.45) is 4.99 Å². The summed E-state index contributed by atoms with van der Waals surface area (Å²) in [6, 6.07) is 20.3. The van der Waals surface area contributed by atoms with Crippen LogP contribution in [0, 0.1) is 13.8 Å². The largest absolute Gasteiger partial charge is 0.507 e. The highest BCUT2D eigenvalue weighted by atomic mass is 35.5. The lowest BCUT2D eigenvalue weighted by Crippen LogP contribution is -2.28. The molecule has 3 aromatic rings. The second kappa shape index (κ2) is 8.38. The summed E-state index contributed by atoms with van der Waals surface area (Å²) < 4.78 is 0. The Kier molecular flexibility index (Phi) is 5.66. The van der Waals surface area contributed by atoms with Crippen LogP contribution >= 0.6 is 23.4 Å². The Balaban J connectivity index is 1.79. The molecule has 1 fully saturated rings. The van der Waals surface area contributed by atoms with Crippen molar-refractivity contribution in [2.75, 3.05) is 4.90 Å². The molecular formula is C24H19ClN2O2S. The van der Waals surface area contributed by atoms with Crippen LogP contribution in [-0.2, 0) is 4.79 Å². The number of carbonyl (C=O) groups excluding carboxylic acids is 1. The van der Waals surface area contributed by atoms with Gasteiger partial charge in [-0.15, -0.1) is 0 Å². The van der Waals surface area contributed by atoms with Crippen molar-refractivity contribution in [1.29, 1.82) is 0 Å². The van der Waals surface area contributed by atoms with Crippen molar-refractivity contribution in [3.05, 3.63) is 93.3 Å². The van der Waals surface area contributed by atoms with E-state index in [1.54, 1.807) is 23.1 Å². The number of anilines is 1. The molecule has 0 bridgehead atoms. The van der Waals surface area contributed by atoms with Gasteiger partial charge in [0.25, 0.3) is 5.91 Å². The molecule has 1 heterocycles. The van der Waals surface area contributed by atoms with E-state index in [9.17, 15) is 9.90 Å². The summed E-state index contributed by atoms with van der Waals surface area (Å²) in [6.45, 7) is 4.01. The molecule has 6 heteroatoms. The molecule has 1 amide bonds. The summed E-state index contributed by atoms with van der Waals surface area (Å²) >= 11 is 7.33. The Hall–Kier alpha value is -3.02. The van der Waals surface area contributed by atoms with Crippen LogP contribution in [0.2, 0.25) is 5.02 Å². The number of rotatable bonds is 3. The number of thioether (sulfide) groups is 1. The number of halogens is 1. The van der Waals surface area contributed by atoms with Gasteiger partial charge in [-0.05, 0) is 74.1 Å². The van der Waals surface area contributed by atoms with Gasteiger partial charge in [-0.2, -0.15) is 0 Å². The number of phenols is 1. The van der Waals surface area contributed by atoms with E-state index in [0.29, 0.717) is 20.7 Å². The first-order valence-corrected chi connectivity index (χ1v) is 10.5. The third-order valence-corrected chi connectivity index (χ3v) is 5.84. The van der Waals surface area contributed by atoms with Gasteiger partial charge in [0.15, 0.2) is 5.17 Å². The Morgan fingerprint density at radius 2 is 1.60 bits per heavy atom. The van der Waals surface area contributed by atoms with Crippen molar-refractivity contribution >= 4 is 51.9 Å². The molecule has 4 rings (SSSR count). The maximum absolute atomic E-state index is 13.3. The predicted molar refractivity (Wildman–Crippen MR) is 126 cm³/mol. The average Bonchev–Trinajstić information content (AvgIpc) is 3.02. The van der Waals surface area contributed by atoms with Crippen LogP contribution in [0.25, 0.3) is 6.08 Å². The lowest BCUT2D eigenvalue weighted by molar-refractivity contribution is -0.113. The van der Waals surface area contributed by atoms with E-state index >= 15 is 0 Å². The Morgan fingerprint density at radius 1 is 0.967 bits per heavy atom. The maximum Gasteiger partial charge on any atom is 0.271 e. The van der Waals surface area contributed by atoms with Gasteiger partial charge in [-0.25, -0.2) is 4.99 Å². The standard InChI is InChI=1S/C24H19ClN2O2S/c1-15-3-8-19(9-4-15)26-24-27(20-10-5-16(2)6-11-20)23(29)22(30-24)14-17-13-18(25)7-12-21(17)28/h3-14,28H,1-2H3/b22-14+,26-24?. The second-order valence-corrected chi connectivity index (χ2v) is 8.47. The van der Waals surface area contributed by atoms with E-state index in [-0.39, 0.29) is 11.7 Å². The summed E-state index contributed by atoms with van der Waals surface area (Å²) in [5.74, 6) is -0.139. The number of carbonyl (C=O) groups is 1. The maximum atomic E-state index is 13.3. The minimum atomic E-state index is -0.200. The molecule has 1 aliphatic rings. The van der Waals surface area contributed by atoms with Crippen molar-refractivity contribution in [3.8, 4) is 5.75 Å². The molecule has 4 nitrogen and oxygen atoms in total. The van der Waals surface area contributed by atoms with Gasteiger partial charge in [0.1, 0.15) is 5.75 Å². The summed E-state index contributed by atoms with van der Waals surface area (Å²) in [7, 11) is 0. The minimum absolute atomic E-state index is 0.0612. The summed E-state index contributed by atoms with van der Waals surface area (Å²) in [6.07, 6.45) is 1.65. The van der Waals surface area contributed by atoms with Gasteiger partial charge in [0.2, 0.25) is 0 Å². The summed E-state index contributed by atoms with van der Waals surface area (Å²) in [4.78, 5) is 20.1. The van der Waals surface area contributed by atoms with E-state index in [2.05, 4.69) is 0 Å². The van der Waals surface area contributed by atoms with Crippen LogP contribution in [0.5, 0.6) is 5.75 Å².